The maximum atomic E-state index is 11.3. The van der Waals surface area contributed by atoms with Crippen LogP contribution in [-0.2, 0) is 9.59 Å². The van der Waals surface area contributed by atoms with E-state index in [0.29, 0.717) is 6.54 Å². The Morgan fingerprint density at radius 1 is 1.00 bits per heavy atom. The third-order valence-corrected chi connectivity index (χ3v) is 3.46. The molecule has 20 heavy (non-hydrogen) atoms. The van der Waals surface area contributed by atoms with E-state index in [4.69, 9.17) is 5.11 Å². The summed E-state index contributed by atoms with van der Waals surface area (Å²) < 4.78 is 0. The average Bonchev–Trinajstić information content (AvgIpc) is 2.74. The van der Waals surface area contributed by atoms with Gasteiger partial charge in [0, 0.05) is 25.2 Å². The fourth-order valence-corrected chi connectivity index (χ4v) is 2.40. The monoisotopic (exact) mass is 282 g/mol. The minimum Gasteiger partial charge on any atom is -0.395 e. The van der Waals surface area contributed by atoms with Crippen LogP contribution < -0.4 is 0 Å². The number of rotatable bonds is 11. The molecule has 0 aromatic rings. The Kier molecular flexibility index (Phi) is 8.14. The summed E-state index contributed by atoms with van der Waals surface area (Å²) in [5.74, 6) is -0.376. The van der Waals surface area contributed by atoms with E-state index < -0.39 is 0 Å². The molecule has 5 heteroatoms. The Morgan fingerprint density at radius 3 is 2.25 bits per heavy atom. The van der Waals surface area contributed by atoms with Gasteiger partial charge in [-0.15, -0.1) is 0 Å². The van der Waals surface area contributed by atoms with E-state index in [0.717, 1.165) is 51.7 Å². The largest absolute Gasteiger partial charge is 0.395 e. The van der Waals surface area contributed by atoms with Crippen LogP contribution >= 0.6 is 0 Å². The van der Waals surface area contributed by atoms with Gasteiger partial charge in [0.05, 0.1) is 6.61 Å². The van der Waals surface area contributed by atoms with Gasteiger partial charge in [0.15, 0.2) is 0 Å². The third kappa shape index (κ3) is 5.84. The second kappa shape index (κ2) is 9.66. The lowest BCUT2D eigenvalue weighted by Gasteiger charge is -2.20. The van der Waals surface area contributed by atoms with Crippen LogP contribution in [0.2, 0.25) is 0 Å². The van der Waals surface area contributed by atoms with E-state index in [1.54, 1.807) is 0 Å². The minimum absolute atomic E-state index is 0.188. The molecule has 0 saturated carbocycles. The lowest BCUT2D eigenvalue weighted by Crippen LogP contribution is -2.31. The summed E-state index contributed by atoms with van der Waals surface area (Å²) in [5.41, 5.74) is 0. The van der Waals surface area contributed by atoms with Crippen molar-refractivity contribution in [2.45, 2.75) is 39.0 Å². The molecule has 0 aromatic heterocycles. The molecule has 1 heterocycles. The van der Waals surface area contributed by atoms with Gasteiger partial charge in [-0.3, -0.25) is 14.5 Å². The summed E-state index contributed by atoms with van der Waals surface area (Å²) >= 11 is 0. The number of aliphatic hydroxyl groups is 1. The predicted molar refractivity (Wildman–Crippen MR) is 78.1 cm³/mol. The molecule has 0 fully saturated rings. The molecule has 0 radical (unpaired) electrons. The standard InChI is InChI=1S/C15H26N2O3/c1-2-9-16(12-13-18)10-5-3-4-6-11-17-14(19)7-8-15(17)20/h7-8,18H,2-6,9-13H2,1H3. The van der Waals surface area contributed by atoms with E-state index >= 15 is 0 Å². The fourth-order valence-electron chi connectivity index (χ4n) is 2.40. The Balaban J connectivity index is 2.04. The van der Waals surface area contributed by atoms with E-state index in [1.807, 2.05) is 0 Å². The van der Waals surface area contributed by atoms with Crippen molar-refractivity contribution < 1.29 is 14.7 Å². The van der Waals surface area contributed by atoms with Crippen LogP contribution in [0.1, 0.15) is 39.0 Å². The first-order valence-corrected chi connectivity index (χ1v) is 7.55. The van der Waals surface area contributed by atoms with Gasteiger partial charge in [-0.2, -0.15) is 0 Å². The molecular formula is C15H26N2O3. The Labute approximate surface area is 121 Å². The zero-order valence-electron chi connectivity index (χ0n) is 12.4. The zero-order valence-corrected chi connectivity index (χ0v) is 12.4. The highest BCUT2D eigenvalue weighted by Gasteiger charge is 2.22. The molecule has 0 unspecified atom stereocenters. The summed E-state index contributed by atoms with van der Waals surface area (Å²) in [4.78, 5) is 26.2. The molecule has 114 valence electrons. The maximum absolute atomic E-state index is 11.3. The molecule has 0 aliphatic carbocycles. The van der Waals surface area contributed by atoms with Gasteiger partial charge in [-0.25, -0.2) is 0 Å². The molecule has 0 spiro atoms. The molecule has 2 amide bonds. The van der Waals surface area contributed by atoms with Crippen molar-refractivity contribution in [2.75, 3.05) is 32.8 Å². The molecule has 1 rings (SSSR count). The number of imide groups is 1. The lowest BCUT2D eigenvalue weighted by atomic mass is 10.1. The smallest absolute Gasteiger partial charge is 0.253 e. The minimum atomic E-state index is -0.188. The molecule has 1 N–H and O–H groups in total. The Hall–Kier alpha value is -1.20. The van der Waals surface area contributed by atoms with Gasteiger partial charge in [-0.05, 0) is 32.4 Å². The summed E-state index contributed by atoms with van der Waals surface area (Å²) in [6, 6.07) is 0. The van der Waals surface area contributed by atoms with E-state index in [1.165, 1.54) is 17.1 Å². The number of nitrogens with zero attached hydrogens (tertiary/aromatic N) is 2. The van der Waals surface area contributed by atoms with Crippen LogP contribution in [0.5, 0.6) is 0 Å². The Morgan fingerprint density at radius 2 is 1.65 bits per heavy atom. The predicted octanol–water partition coefficient (Wildman–Crippen LogP) is 1.18. The van der Waals surface area contributed by atoms with Crippen LogP contribution in [0.25, 0.3) is 0 Å². The lowest BCUT2D eigenvalue weighted by molar-refractivity contribution is -0.136. The van der Waals surface area contributed by atoms with Gasteiger partial charge in [-0.1, -0.05) is 19.8 Å². The van der Waals surface area contributed by atoms with Crippen LogP contribution in [0.15, 0.2) is 12.2 Å². The number of unbranched alkanes of at least 4 members (excludes halogenated alkanes) is 3. The summed E-state index contributed by atoms with van der Waals surface area (Å²) in [5, 5.41) is 8.96. The molecule has 1 aliphatic heterocycles. The van der Waals surface area contributed by atoms with Crippen molar-refractivity contribution >= 4 is 11.8 Å². The molecule has 0 saturated heterocycles. The molecular weight excluding hydrogens is 256 g/mol. The van der Waals surface area contributed by atoms with Crippen molar-refractivity contribution in [3.63, 3.8) is 0 Å². The SMILES string of the molecule is CCCN(CCO)CCCCCCN1C(=O)C=CC1=O. The normalized spacial score (nSPS) is 14.8. The first-order valence-electron chi connectivity index (χ1n) is 7.55. The summed E-state index contributed by atoms with van der Waals surface area (Å²) in [7, 11) is 0. The summed E-state index contributed by atoms with van der Waals surface area (Å²) in [6.45, 7) is 5.67. The van der Waals surface area contributed by atoms with Gasteiger partial charge < -0.3 is 10.0 Å². The van der Waals surface area contributed by atoms with Crippen molar-refractivity contribution in [3.05, 3.63) is 12.2 Å². The van der Waals surface area contributed by atoms with Gasteiger partial charge in [0.25, 0.3) is 11.8 Å². The number of hydrogen-bond donors (Lipinski definition) is 1. The first-order chi connectivity index (χ1) is 9.69. The van der Waals surface area contributed by atoms with Gasteiger partial charge in [0.2, 0.25) is 0 Å². The number of amides is 2. The third-order valence-electron chi connectivity index (χ3n) is 3.46. The topological polar surface area (TPSA) is 60.9 Å². The highest BCUT2D eigenvalue weighted by Crippen LogP contribution is 2.08. The Bertz CT molecular complexity index is 318. The fraction of sp³-hybridized carbons (Fsp3) is 0.733. The van der Waals surface area contributed by atoms with E-state index in [9.17, 15) is 9.59 Å². The number of carbonyl (C=O) groups excluding carboxylic acids is 2. The van der Waals surface area contributed by atoms with Crippen LogP contribution in [0.4, 0.5) is 0 Å². The number of carbonyl (C=O) groups is 2. The molecule has 0 atom stereocenters. The van der Waals surface area contributed by atoms with E-state index in [-0.39, 0.29) is 18.4 Å². The van der Waals surface area contributed by atoms with E-state index in [2.05, 4.69) is 11.8 Å². The number of aliphatic hydroxyl groups excluding tert-OH is 1. The quantitative estimate of drug-likeness (QED) is 0.456. The van der Waals surface area contributed by atoms with Crippen LogP contribution in [0, 0.1) is 0 Å². The summed E-state index contributed by atoms with van der Waals surface area (Å²) in [6.07, 6.45) is 7.85. The highest BCUT2D eigenvalue weighted by molar-refractivity contribution is 6.12. The molecule has 0 aromatic carbocycles. The second-order valence-corrected chi connectivity index (χ2v) is 5.14. The van der Waals surface area contributed by atoms with Crippen molar-refractivity contribution in [3.8, 4) is 0 Å². The van der Waals surface area contributed by atoms with Crippen molar-refractivity contribution in [2.24, 2.45) is 0 Å². The first kappa shape index (κ1) is 16.9. The van der Waals surface area contributed by atoms with Crippen LogP contribution in [-0.4, -0.2) is 59.5 Å². The zero-order chi connectivity index (χ0) is 14.8. The number of hydrogen-bond acceptors (Lipinski definition) is 4. The molecule has 0 bridgehead atoms. The highest BCUT2D eigenvalue weighted by atomic mass is 16.3. The van der Waals surface area contributed by atoms with Crippen molar-refractivity contribution in [1.29, 1.82) is 0 Å². The van der Waals surface area contributed by atoms with Gasteiger partial charge >= 0.3 is 0 Å². The molecule has 5 nitrogen and oxygen atoms in total. The molecule has 1 aliphatic rings. The van der Waals surface area contributed by atoms with Crippen molar-refractivity contribution in [1.82, 2.24) is 9.80 Å². The maximum Gasteiger partial charge on any atom is 0.253 e. The van der Waals surface area contributed by atoms with Gasteiger partial charge in [0.1, 0.15) is 0 Å². The average molecular weight is 282 g/mol. The second-order valence-electron chi connectivity index (χ2n) is 5.14. The van der Waals surface area contributed by atoms with Crippen LogP contribution in [0.3, 0.4) is 0 Å².